The Bertz CT molecular complexity index is 1100. The molecular weight excluding hydrogens is 799 g/mol. The van der Waals surface area contributed by atoms with Crippen LogP contribution in [0.1, 0.15) is 232 Å². The van der Waals surface area contributed by atoms with Crippen LogP contribution in [0.3, 0.4) is 0 Å². The summed E-state index contributed by atoms with van der Waals surface area (Å²) in [4.78, 5) is 25.0. The summed E-state index contributed by atoms with van der Waals surface area (Å²) in [6.07, 6.45) is 38.3. The quantitative estimate of drug-likeness (QED) is 0.0196. The van der Waals surface area contributed by atoms with Gasteiger partial charge in [-0.3, -0.25) is 9.59 Å². The summed E-state index contributed by atoms with van der Waals surface area (Å²) in [7, 11) is 0. The van der Waals surface area contributed by atoms with Crippen LogP contribution in [-0.4, -0.2) is 100 Å². The number of nitrogens with one attached hydrogen (secondary N) is 1. The molecule has 0 spiro atoms. The first-order chi connectivity index (χ1) is 30.7. The first kappa shape index (κ1) is 59.2. The molecule has 11 nitrogen and oxygen atoms in total. The maximum Gasteiger partial charge on any atom is 0.305 e. The molecule has 1 rings (SSSR count). The Kier molecular flexibility index (Phi) is 40.1. The van der Waals surface area contributed by atoms with Gasteiger partial charge >= 0.3 is 5.97 Å². The zero-order chi connectivity index (χ0) is 46.0. The van der Waals surface area contributed by atoms with Crippen molar-refractivity contribution in [1.29, 1.82) is 0 Å². The molecule has 7 unspecified atom stereocenters. The molecule has 1 heterocycles. The number of esters is 1. The van der Waals surface area contributed by atoms with Crippen molar-refractivity contribution in [3.8, 4) is 0 Å². The third-order valence-electron chi connectivity index (χ3n) is 12.3. The van der Waals surface area contributed by atoms with Crippen LogP contribution in [0.15, 0.2) is 24.3 Å². The fourth-order valence-electron chi connectivity index (χ4n) is 8.07. The van der Waals surface area contributed by atoms with Gasteiger partial charge in [0.25, 0.3) is 0 Å². The Labute approximate surface area is 384 Å². The predicted octanol–water partition coefficient (Wildman–Crippen LogP) is 10.6. The number of carbonyl (C=O) groups is 2. The second kappa shape index (κ2) is 42.8. The summed E-state index contributed by atoms with van der Waals surface area (Å²) in [5.41, 5.74) is 0. The van der Waals surface area contributed by atoms with E-state index in [4.69, 9.17) is 14.2 Å². The van der Waals surface area contributed by atoms with Crippen LogP contribution in [0.5, 0.6) is 0 Å². The third kappa shape index (κ3) is 33.3. The van der Waals surface area contributed by atoms with E-state index in [1.54, 1.807) is 6.08 Å². The van der Waals surface area contributed by atoms with Gasteiger partial charge in [-0.2, -0.15) is 0 Å². The van der Waals surface area contributed by atoms with Gasteiger partial charge in [0.05, 0.1) is 32.0 Å². The SMILES string of the molecule is CCCCCCC/C=C\CCCCCCCC(=O)OCCCCCCCCCCCCCCC(=O)NC(COC1OC(CO)C(O)C(O)C1O)C(O)/C=C/CCCCCCCCC. The van der Waals surface area contributed by atoms with Crippen LogP contribution in [-0.2, 0) is 23.8 Å². The lowest BCUT2D eigenvalue weighted by Crippen LogP contribution is -2.60. The first-order valence-corrected chi connectivity index (χ1v) is 26.1. The molecule has 7 atom stereocenters. The predicted molar refractivity (Wildman–Crippen MR) is 255 cm³/mol. The van der Waals surface area contributed by atoms with Crippen LogP contribution in [0.4, 0.5) is 0 Å². The zero-order valence-electron chi connectivity index (χ0n) is 40.3. The molecular formula is C52H97NO10. The molecule has 1 aliphatic heterocycles. The molecule has 0 aromatic rings. The molecule has 0 saturated carbocycles. The zero-order valence-corrected chi connectivity index (χ0v) is 40.3. The minimum atomic E-state index is -1.58. The number of allylic oxidation sites excluding steroid dienone is 3. The number of hydrogen-bond donors (Lipinski definition) is 6. The summed E-state index contributed by atoms with van der Waals surface area (Å²) in [6.45, 7) is 4.23. The summed E-state index contributed by atoms with van der Waals surface area (Å²) >= 11 is 0. The van der Waals surface area contributed by atoms with Crippen molar-refractivity contribution in [2.75, 3.05) is 19.8 Å². The molecule has 63 heavy (non-hydrogen) atoms. The Hall–Kier alpha value is -1.86. The Morgan fingerprint density at radius 3 is 1.52 bits per heavy atom. The average Bonchev–Trinajstić information content (AvgIpc) is 3.28. The van der Waals surface area contributed by atoms with Crippen LogP contribution in [0.25, 0.3) is 0 Å². The number of amides is 1. The van der Waals surface area contributed by atoms with Gasteiger partial charge in [-0.15, -0.1) is 0 Å². The molecule has 1 saturated heterocycles. The fraction of sp³-hybridized carbons (Fsp3) is 0.885. The maximum atomic E-state index is 12.9. The molecule has 1 amide bonds. The summed E-state index contributed by atoms with van der Waals surface area (Å²) in [6, 6.07) is -0.820. The fourth-order valence-corrected chi connectivity index (χ4v) is 8.07. The highest BCUT2D eigenvalue weighted by molar-refractivity contribution is 5.76. The van der Waals surface area contributed by atoms with Gasteiger partial charge in [0, 0.05) is 12.8 Å². The van der Waals surface area contributed by atoms with Crippen LogP contribution >= 0.6 is 0 Å². The van der Waals surface area contributed by atoms with E-state index in [0.29, 0.717) is 19.4 Å². The van der Waals surface area contributed by atoms with E-state index < -0.39 is 49.5 Å². The van der Waals surface area contributed by atoms with E-state index in [2.05, 4.69) is 31.3 Å². The molecule has 0 aliphatic carbocycles. The van der Waals surface area contributed by atoms with E-state index >= 15 is 0 Å². The molecule has 370 valence electrons. The second-order valence-corrected chi connectivity index (χ2v) is 18.2. The molecule has 0 aromatic heterocycles. The van der Waals surface area contributed by atoms with Crippen molar-refractivity contribution in [1.82, 2.24) is 5.32 Å². The minimum absolute atomic E-state index is 0.0424. The number of unbranched alkanes of at least 4 members (excludes halogenated alkanes) is 28. The van der Waals surface area contributed by atoms with Crippen molar-refractivity contribution in [3.05, 3.63) is 24.3 Å². The Balaban J connectivity index is 2.12. The smallest absolute Gasteiger partial charge is 0.305 e. The molecule has 11 heteroatoms. The number of ether oxygens (including phenoxy) is 3. The minimum Gasteiger partial charge on any atom is -0.466 e. The van der Waals surface area contributed by atoms with E-state index in [1.165, 1.54) is 135 Å². The number of carbonyl (C=O) groups excluding carboxylic acids is 2. The lowest BCUT2D eigenvalue weighted by molar-refractivity contribution is -0.302. The van der Waals surface area contributed by atoms with Crippen molar-refractivity contribution in [3.63, 3.8) is 0 Å². The van der Waals surface area contributed by atoms with Crippen molar-refractivity contribution in [2.45, 2.75) is 275 Å². The van der Waals surface area contributed by atoms with Gasteiger partial charge < -0.3 is 45.1 Å². The molecule has 1 fully saturated rings. The molecule has 1 aliphatic rings. The van der Waals surface area contributed by atoms with Gasteiger partial charge in [-0.05, 0) is 57.8 Å². The van der Waals surface area contributed by atoms with Crippen LogP contribution in [0.2, 0.25) is 0 Å². The Morgan fingerprint density at radius 1 is 0.571 bits per heavy atom. The topological polar surface area (TPSA) is 175 Å². The Morgan fingerprint density at radius 2 is 1.02 bits per heavy atom. The lowest BCUT2D eigenvalue weighted by atomic mass is 9.99. The van der Waals surface area contributed by atoms with E-state index in [9.17, 15) is 35.1 Å². The molecule has 6 N–H and O–H groups in total. The third-order valence-corrected chi connectivity index (χ3v) is 12.3. The van der Waals surface area contributed by atoms with Gasteiger partial charge in [0.1, 0.15) is 24.4 Å². The highest BCUT2D eigenvalue weighted by Crippen LogP contribution is 2.23. The number of aliphatic hydroxyl groups is 5. The van der Waals surface area contributed by atoms with E-state index in [-0.39, 0.29) is 18.5 Å². The molecule has 0 radical (unpaired) electrons. The molecule has 0 bridgehead atoms. The van der Waals surface area contributed by atoms with Crippen molar-refractivity contribution < 1.29 is 49.3 Å². The summed E-state index contributed by atoms with van der Waals surface area (Å²) in [5, 5.41) is 54.1. The summed E-state index contributed by atoms with van der Waals surface area (Å²) < 4.78 is 16.6. The van der Waals surface area contributed by atoms with Crippen LogP contribution in [0, 0.1) is 0 Å². The monoisotopic (exact) mass is 896 g/mol. The highest BCUT2D eigenvalue weighted by atomic mass is 16.7. The van der Waals surface area contributed by atoms with E-state index in [1.807, 2.05) is 6.08 Å². The van der Waals surface area contributed by atoms with Gasteiger partial charge in [-0.1, -0.05) is 186 Å². The van der Waals surface area contributed by atoms with Crippen molar-refractivity contribution >= 4 is 11.9 Å². The second-order valence-electron chi connectivity index (χ2n) is 18.2. The van der Waals surface area contributed by atoms with Crippen molar-refractivity contribution in [2.24, 2.45) is 0 Å². The first-order valence-electron chi connectivity index (χ1n) is 26.1. The highest BCUT2D eigenvalue weighted by Gasteiger charge is 2.44. The molecule has 0 aromatic carbocycles. The van der Waals surface area contributed by atoms with Gasteiger partial charge in [0.15, 0.2) is 6.29 Å². The number of aliphatic hydroxyl groups excluding tert-OH is 5. The average molecular weight is 896 g/mol. The largest absolute Gasteiger partial charge is 0.466 e. The van der Waals surface area contributed by atoms with Crippen LogP contribution < -0.4 is 5.32 Å². The maximum absolute atomic E-state index is 12.9. The number of rotatable bonds is 44. The summed E-state index contributed by atoms with van der Waals surface area (Å²) in [5.74, 6) is -0.243. The van der Waals surface area contributed by atoms with Gasteiger partial charge in [-0.25, -0.2) is 0 Å². The normalized spacial score (nSPS) is 20.1. The standard InChI is InChI=1S/C52H97NO10/c1-3-5-7-9-11-13-14-15-16-20-24-28-32-36-40-48(57)61-41-37-33-29-25-21-18-17-19-23-27-31-35-39-47(56)53-44(45(55)38-34-30-26-22-12-10-8-6-4-2)43-62-52-51(60)50(59)49(58)46(42-54)63-52/h14-15,34,38,44-46,49-52,54-55,58-60H,3-13,16-33,35-37,39-43H2,1-2H3,(H,53,56)/b15-14-,38-34+. The van der Waals surface area contributed by atoms with Gasteiger partial charge in [0.2, 0.25) is 5.91 Å². The van der Waals surface area contributed by atoms with E-state index in [0.717, 1.165) is 70.6 Å². The number of hydrogen-bond acceptors (Lipinski definition) is 10. The lowest BCUT2D eigenvalue weighted by Gasteiger charge is -2.40.